The predicted molar refractivity (Wildman–Crippen MR) is 74.8 cm³/mol. The molecule has 2 rings (SSSR count). The minimum atomic E-state index is 0.0843. The molecule has 0 bridgehead atoms. The van der Waals surface area contributed by atoms with Gasteiger partial charge in [-0.05, 0) is 18.6 Å². The Morgan fingerprint density at radius 2 is 2.11 bits per heavy atom. The van der Waals surface area contributed by atoms with Gasteiger partial charge in [0.05, 0.1) is 5.25 Å². The van der Waals surface area contributed by atoms with Crippen LogP contribution >= 0.6 is 23.4 Å². The van der Waals surface area contributed by atoms with Crippen LogP contribution in [0.2, 0.25) is 5.02 Å². The first-order valence-electron chi connectivity index (χ1n) is 5.60. The summed E-state index contributed by atoms with van der Waals surface area (Å²) >= 11 is 7.78. The Morgan fingerprint density at radius 3 is 2.67 bits per heavy atom. The van der Waals surface area contributed by atoms with Crippen LogP contribution in [-0.4, -0.2) is 21.3 Å². The Kier molecular flexibility index (Phi) is 4.27. The van der Waals surface area contributed by atoms with Gasteiger partial charge in [-0.3, -0.25) is 0 Å². The smallest absolute Gasteiger partial charge is 0.191 e. The van der Waals surface area contributed by atoms with Crippen molar-refractivity contribution in [1.29, 1.82) is 0 Å². The van der Waals surface area contributed by atoms with Crippen LogP contribution in [0.1, 0.15) is 16.6 Å². The van der Waals surface area contributed by atoms with Crippen molar-refractivity contribution < 1.29 is 0 Å². The fourth-order valence-corrected chi connectivity index (χ4v) is 2.99. The number of thioether (sulfide) groups is 1. The number of halogens is 1. The van der Waals surface area contributed by atoms with Crippen LogP contribution in [0.25, 0.3) is 0 Å². The predicted octanol–water partition coefficient (Wildman–Crippen LogP) is 2.57. The lowest BCUT2D eigenvalue weighted by molar-refractivity contribution is 0.760. The van der Waals surface area contributed by atoms with Gasteiger partial charge in [0.15, 0.2) is 5.16 Å². The number of rotatable bonds is 4. The van der Waals surface area contributed by atoms with E-state index in [2.05, 4.69) is 10.2 Å². The number of hydrogen-bond donors (Lipinski definition) is 1. The SMILES string of the molecule is Cc1nnc(SC(CN)c2ccccc2Cl)n1C. The highest BCUT2D eigenvalue weighted by Crippen LogP contribution is 2.36. The molecule has 1 atom stereocenters. The molecular formula is C12H15ClN4S. The van der Waals surface area contributed by atoms with Crippen LogP contribution < -0.4 is 5.73 Å². The highest BCUT2D eigenvalue weighted by atomic mass is 35.5. The standard InChI is InChI=1S/C12H15ClN4S/c1-8-15-16-12(17(8)2)18-11(7-14)9-5-3-4-6-10(9)13/h3-6,11H,7,14H2,1-2H3. The van der Waals surface area contributed by atoms with E-state index in [9.17, 15) is 0 Å². The summed E-state index contributed by atoms with van der Waals surface area (Å²) in [5.41, 5.74) is 6.88. The molecule has 0 saturated carbocycles. The second-order valence-electron chi connectivity index (χ2n) is 3.95. The van der Waals surface area contributed by atoms with Gasteiger partial charge >= 0.3 is 0 Å². The fourth-order valence-electron chi connectivity index (χ4n) is 1.59. The molecule has 0 fully saturated rings. The van der Waals surface area contributed by atoms with E-state index in [-0.39, 0.29) is 5.25 Å². The molecule has 6 heteroatoms. The van der Waals surface area contributed by atoms with Gasteiger partial charge in [-0.2, -0.15) is 0 Å². The van der Waals surface area contributed by atoms with Crippen LogP contribution in [0.15, 0.2) is 29.4 Å². The monoisotopic (exact) mass is 282 g/mol. The zero-order valence-electron chi connectivity index (χ0n) is 10.3. The van der Waals surface area contributed by atoms with Crippen LogP contribution in [0.5, 0.6) is 0 Å². The first-order valence-corrected chi connectivity index (χ1v) is 6.86. The van der Waals surface area contributed by atoms with Crippen LogP contribution in [0.3, 0.4) is 0 Å². The maximum absolute atomic E-state index is 6.20. The van der Waals surface area contributed by atoms with E-state index >= 15 is 0 Å². The number of aryl methyl sites for hydroxylation is 1. The average molecular weight is 283 g/mol. The van der Waals surface area contributed by atoms with Crippen molar-refractivity contribution in [1.82, 2.24) is 14.8 Å². The van der Waals surface area contributed by atoms with E-state index in [1.54, 1.807) is 11.8 Å². The molecule has 0 radical (unpaired) electrons. The minimum Gasteiger partial charge on any atom is -0.329 e. The van der Waals surface area contributed by atoms with Crippen LogP contribution in [-0.2, 0) is 7.05 Å². The molecule has 2 aromatic rings. The molecule has 0 spiro atoms. The van der Waals surface area contributed by atoms with E-state index in [1.165, 1.54) is 0 Å². The molecule has 0 aliphatic carbocycles. The molecule has 0 saturated heterocycles. The highest BCUT2D eigenvalue weighted by Gasteiger charge is 2.17. The minimum absolute atomic E-state index is 0.0843. The van der Waals surface area contributed by atoms with Gasteiger partial charge in [0.25, 0.3) is 0 Å². The van der Waals surface area contributed by atoms with Gasteiger partial charge in [0.1, 0.15) is 5.82 Å². The molecule has 2 N–H and O–H groups in total. The van der Waals surface area contributed by atoms with Crippen molar-refractivity contribution in [3.8, 4) is 0 Å². The topological polar surface area (TPSA) is 56.7 Å². The molecular weight excluding hydrogens is 268 g/mol. The third kappa shape index (κ3) is 2.68. The number of benzene rings is 1. The lowest BCUT2D eigenvalue weighted by atomic mass is 10.1. The second kappa shape index (κ2) is 5.73. The molecule has 0 aliphatic heterocycles. The van der Waals surface area contributed by atoms with Gasteiger partial charge in [-0.15, -0.1) is 10.2 Å². The van der Waals surface area contributed by atoms with Gasteiger partial charge in [-0.25, -0.2) is 0 Å². The van der Waals surface area contributed by atoms with Gasteiger partial charge < -0.3 is 10.3 Å². The Hall–Kier alpha value is -1.04. The van der Waals surface area contributed by atoms with E-state index in [1.807, 2.05) is 42.8 Å². The summed E-state index contributed by atoms with van der Waals surface area (Å²) in [5, 5.41) is 9.84. The van der Waals surface area contributed by atoms with E-state index in [0.717, 1.165) is 21.6 Å². The lowest BCUT2D eigenvalue weighted by Gasteiger charge is -2.15. The third-order valence-corrected chi connectivity index (χ3v) is 4.41. The maximum atomic E-state index is 6.20. The fraction of sp³-hybridized carbons (Fsp3) is 0.333. The molecule has 96 valence electrons. The van der Waals surface area contributed by atoms with Crippen molar-refractivity contribution in [2.75, 3.05) is 6.54 Å². The molecule has 18 heavy (non-hydrogen) atoms. The van der Waals surface area contributed by atoms with Crippen LogP contribution in [0.4, 0.5) is 0 Å². The van der Waals surface area contributed by atoms with Gasteiger partial charge in [-0.1, -0.05) is 41.6 Å². The van der Waals surface area contributed by atoms with Crippen molar-refractivity contribution >= 4 is 23.4 Å². The number of nitrogens with zero attached hydrogens (tertiary/aromatic N) is 3. The molecule has 0 aliphatic rings. The molecule has 1 aromatic carbocycles. The molecule has 4 nitrogen and oxygen atoms in total. The van der Waals surface area contributed by atoms with Crippen LogP contribution in [0, 0.1) is 6.92 Å². The summed E-state index contributed by atoms with van der Waals surface area (Å²) in [6, 6.07) is 7.75. The zero-order valence-corrected chi connectivity index (χ0v) is 11.9. The van der Waals surface area contributed by atoms with Crippen molar-refractivity contribution in [3.63, 3.8) is 0 Å². The Morgan fingerprint density at radius 1 is 1.39 bits per heavy atom. The van der Waals surface area contributed by atoms with E-state index in [4.69, 9.17) is 17.3 Å². The quantitative estimate of drug-likeness (QED) is 0.876. The lowest BCUT2D eigenvalue weighted by Crippen LogP contribution is -2.10. The summed E-state index contributed by atoms with van der Waals surface area (Å²) in [5.74, 6) is 0.882. The van der Waals surface area contributed by atoms with Crippen molar-refractivity contribution in [3.05, 3.63) is 40.7 Å². The Bertz CT molecular complexity index is 541. The van der Waals surface area contributed by atoms with Crippen molar-refractivity contribution in [2.45, 2.75) is 17.3 Å². The highest BCUT2D eigenvalue weighted by molar-refractivity contribution is 7.99. The third-order valence-electron chi connectivity index (χ3n) is 2.77. The summed E-state index contributed by atoms with van der Waals surface area (Å²) < 4.78 is 1.95. The number of nitrogens with two attached hydrogens (primary N) is 1. The molecule has 0 amide bonds. The average Bonchev–Trinajstić information content (AvgIpc) is 2.68. The summed E-state index contributed by atoms with van der Waals surface area (Å²) in [6.45, 7) is 2.42. The first-order chi connectivity index (χ1) is 8.63. The number of hydrogen-bond acceptors (Lipinski definition) is 4. The summed E-state index contributed by atoms with van der Waals surface area (Å²) in [4.78, 5) is 0. The van der Waals surface area contributed by atoms with Crippen molar-refractivity contribution in [2.24, 2.45) is 12.8 Å². The molecule has 1 aromatic heterocycles. The largest absolute Gasteiger partial charge is 0.329 e. The van der Waals surface area contributed by atoms with Gasteiger partial charge in [0, 0.05) is 18.6 Å². The normalized spacial score (nSPS) is 12.7. The zero-order chi connectivity index (χ0) is 13.1. The van der Waals surface area contributed by atoms with Gasteiger partial charge in [0.2, 0.25) is 0 Å². The summed E-state index contributed by atoms with van der Waals surface area (Å²) in [6.07, 6.45) is 0. The summed E-state index contributed by atoms with van der Waals surface area (Å²) in [7, 11) is 1.94. The first kappa shape index (κ1) is 13.4. The van der Waals surface area contributed by atoms with E-state index in [0.29, 0.717) is 6.54 Å². The van der Waals surface area contributed by atoms with E-state index < -0.39 is 0 Å². The molecule has 1 heterocycles. The number of aromatic nitrogens is 3. The second-order valence-corrected chi connectivity index (χ2v) is 5.53. The molecule has 1 unspecified atom stereocenters. The Labute approximate surface area is 116 Å². The maximum Gasteiger partial charge on any atom is 0.191 e. The Balaban J connectivity index is 2.25.